The molecule has 0 atom stereocenters. The molecule has 0 fully saturated rings. The van der Waals surface area contributed by atoms with E-state index in [4.69, 9.17) is 14.9 Å². The SMILES string of the molecule is COc1cc2occ(-c3ccc(C)cc3)c2cc1/C(C)=C/C(=O)Nc1ccccc1C(N)=O. The molecule has 0 radical (unpaired) electrons. The number of nitrogens with two attached hydrogens (primary N) is 1. The van der Waals surface area contributed by atoms with Crippen LogP contribution in [0.15, 0.2) is 77.4 Å². The first-order valence-corrected chi connectivity index (χ1v) is 10.4. The number of ether oxygens (including phenoxy) is 1. The first-order chi connectivity index (χ1) is 15.9. The summed E-state index contributed by atoms with van der Waals surface area (Å²) in [5.41, 5.74) is 11.3. The van der Waals surface area contributed by atoms with Crippen molar-refractivity contribution in [3.63, 3.8) is 0 Å². The Bertz CT molecular complexity index is 1380. The number of nitrogens with one attached hydrogen (secondary N) is 1. The van der Waals surface area contributed by atoms with Crippen LogP contribution in [-0.4, -0.2) is 18.9 Å². The number of furan rings is 1. The third-order valence-electron chi connectivity index (χ3n) is 5.48. The van der Waals surface area contributed by atoms with Crippen LogP contribution in [0.4, 0.5) is 5.69 Å². The largest absolute Gasteiger partial charge is 0.496 e. The molecule has 0 saturated heterocycles. The minimum absolute atomic E-state index is 0.247. The molecule has 33 heavy (non-hydrogen) atoms. The van der Waals surface area contributed by atoms with Gasteiger partial charge in [-0.15, -0.1) is 0 Å². The maximum atomic E-state index is 12.7. The zero-order chi connectivity index (χ0) is 23.5. The Morgan fingerprint density at radius 2 is 1.76 bits per heavy atom. The molecule has 0 saturated carbocycles. The van der Waals surface area contributed by atoms with E-state index >= 15 is 0 Å². The second-order valence-electron chi connectivity index (χ2n) is 7.79. The average Bonchev–Trinajstić information content (AvgIpc) is 3.21. The van der Waals surface area contributed by atoms with Crippen LogP contribution in [0, 0.1) is 6.92 Å². The van der Waals surface area contributed by atoms with E-state index in [1.165, 1.54) is 11.6 Å². The lowest BCUT2D eigenvalue weighted by Gasteiger charge is -2.11. The minimum atomic E-state index is -0.609. The molecule has 6 heteroatoms. The topological polar surface area (TPSA) is 94.6 Å². The summed E-state index contributed by atoms with van der Waals surface area (Å²) in [5, 5.41) is 3.65. The summed E-state index contributed by atoms with van der Waals surface area (Å²) < 4.78 is 11.3. The summed E-state index contributed by atoms with van der Waals surface area (Å²) in [6.07, 6.45) is 3.19. The van der Waals surface area contributed by atoms with Crippen molar-refractivity contribution >= 4 is 34.0 Å². The number of carbonyl (C=O) groups excluding carboxylic acids is 2. The monoisotopic (exact) mass is 440 g/mol. The number of primary amides is 1. The Labute approximate surface area is 191 Å². The molecule has 1 heterocycles. The third-order valence-corrected chi connectivity index (χ3v) is 5.48. The van der Waals surface area contributed by atoms with Crippen molar-refractivity contribution in [1.29, 1.82) is 0 Å². The maximum Gasteiger partial charge on any atom is 0.250 e. The van der Waals surface area contributed by atoms with Gasteiger partial charge in [0.15, 0.2) is 0 Å². The molecule has 3 aromatic carbocycles. The zero-order valence-electron chi connectivity index (χ0n) is 18.6. The number of carbonyl (C=O) groups is 2. The molecule has 0 spiro atoms. The summed E-state index contributed by atoms with van der Waals surface area (Å²) >= 11 is 0. The molecule has 2 amide bonds. The molecular weight excluding hydrogens is 416 g/mol. The van der Waals surface area contributed by atoms with Crippen LogP contribution in [0.5, 0.6) is 5.75 Å². The highest BCUT2D eigenvalue weighted by atomic mass is 16.5. The predicted octanol–water partition coefficient (Wildman–Crippen LogP) is 5.56. The fourth-order valence-electron chi connectivity index (χ4n) is 3.74. The third kappa shape index (κ3) is 4.50. The van der Waals surface area contributed by atoms with Gasteiger partial charge in [0.25, 0.3) is 5.91 Å². The first-order valence-electron chi connectivity index (χ1n) is 10.4. The molecule has 0 unspecified atom stereocenters. The van der Waals surface area contributed by atoms with Gasteiger partial charge in [-0.25, -0.2) is 0 Å². The summed E-state index contributed by atoms with van der Waals surface area (Å²) in [7, 11) is 1.57. The fraction of sp³-hybridized carbons (Fsp3) is 0.111. The molecule has 0 aliphatic heterocycles. The molecule has 0 bridgehead atoms. The van der Waals surface area contributed by atoms with Crippen LogP contribution in [0.2, 0.25) is 0 Å². The Morgan fingerprint density at radius 1 is 1.03 bits per heavy atom. The van der Waals surface area contributed by atoms with Crippen molar-refractivity contribution in [1.82, 2.24) is 0 Å². The van der Waals surface area contributed by atoms with Crippen molar-refractivity contribution in [3.8, 4) is 16.9 Å². The summed E-state index contributed by atoms with van der Waals surface area (Å²) in [5.74, 6) is -0.400. The van der Waals surface area contributed by atoms with Crippen LogP contribution < -0.4 is 15.8 Å². The molecule has 4 rings (SSSR count). The number of allylic oxidation sites excluding steroid dienone is 1. The molecular formula is C27H24N2O4. The van der Waals surface area contributed by atoms with Gasteiger partial charge in [-0.1, -0.05) is 42.0 Å². The minimum Gasteiger partial charge on any atom is -0.496 e. The van der Waals surface area contributed by atoms with Gasteiger partial charge in [0.2, 0.25) is 5.91 Å². The number of fused-ring (bicyclic) bond motifs is 1. The second kappa shape index (κ2) is 9.04. The number of para-hydroxylation sites is 1. The summed E-state index contributed by atoms with van der Waals surface area (Å²) in [4.78, 5) is 24.3. The lowest BCUT2D eigenvalue weighted by Crippen LogP contribution is -2.17. The van der Waals surface area contributed by atoms with Crippen molar-refractivity contribution in [2.45, 2.75) is 13.8 Å². The van der Waals surface area contributed by atoms with Gasteiger partial charge in [0.1, 0.15) is 11.3 Å². The number of rotatable bonds is 6. The smallest absolute Gasteiger partial charge is 0.250 e. The standard InChI is InChI=1S/C27H24N2O4/c1-16-8-10-18(11-9-16)22-15-33-25-14-24(32-3)20(13-21(22)25)17(2)12-26(30)29-23-7-5-4-6-19(23)27(28)31/h4-15H,1-3H3,(H2,28,31)(H,29,30)/b17-12+. The molecule has 0 aliphatic carbocycles. The Morgan fingerprint density at radius 3 is 2.45 bits per heavy atom. The van der Waals surface area contributed by atoms with Gasteiger partial charge >= 0.3 is 0 Å². The van der Waals surface area contributed by atoms with Crippen molar-refractivity contribution in [3.05, 3.63) is 89.7 Å². The fourth-order valence-corrected chi connectivity index (χ4v) is 3.74. The quantitative estimate of drug-likeness (QED) is 0.384. The van der Waals surface area contributed by atoms with E-state index in [1.54, 1.807) is 37.6 Å². The number of anilines is 1. The van der Waals surface area contributed by atoms with Crippen molar-refractivity contribution < 1.29 is 18.7 Å². The Balaban J connectivity index is 1.71. The summed E-state index contributed by atoms with van der Waals surface area (Å²) in [6, 6.07) is 18.6. The molecule has 1 aromatic heterocycles. The highest BCUT2D eigenvalue weighted by molar-refractivity contribution is 6.09. The van der Waals surface area contributed by atoms with E-state index in [0.29, 0.717) is 22.6 Å². The highest BCUT2D eigenvalue weighted by Gasteiger charge is 2.15. The van der Waals surface area contributed by atoms with Crippen LogP contribution in [0.3, 0.4) is 0 Å². The second-order valence-corrected chi connectivity index (χ2v) is 7.79. The number of amides is 2. The lowest BCUT2D eigenvalue weighted by molar-refractivity contribution is -0.111. The van der Waals surface area contributed by atoms with Gasteiger partial charge in [0, 0.05) is 28.7 Å². The van der Waals surface area contributed by atoms with E-state index in [2.05, 4.69) is 29.6 Å². The average molecular weight is 440 g/mol. The normalized spacial score (nSPS) is 11.4. The van der Waals surface area contributed by atoms with E-state index < -0.39 is 5.91 Å². The van der Waals surface area contributed by atoms with Crippen LogP contribution in [0.25, 0.3) is 27.7 Å². The highest BCUT2D eigenvalue weighted by Crippen LogP contribution is 2.37. The predicted molar refractivity (Wildman–Crippen MR) is 130 cm³/mol. The Hall–Kier alpha value is -4.32. The lowest BCUT2D eigenvalue weighted by atomic mass is 9.99. The number of aryl methyl sites for hydroxylation is 1. The van der Waals surface area contributed by atoms with Crippen LogP contribution in [-0.2, 0) is 4.79 Å². The van der Waals surface area contributed by atoms with Crippen molar-refractivity contribution in [2.24, 2.45) is 5.73 Å². The van der Waals surface area contributed by atoms with E-state index in [-0.39, 0.29) is 11.5 Å². The number of hydrogen-bond donors (Lipinski definition) is 2. The van der Waals surface area contributed by atoms with Crippen molar-refractivity contribution in [2.75, 3.05) is 12.4 Å². The number of benzene rings is 3. The molecule has 0 aliphatic rings. The molecule has 6 nitrogen and oxygen atoms in total. The van der Waals surface area contributed by atoms with Gasteiger partial charge in [-0.2, -0.15) is 0 Å². The van der Waals surface area contributed by atoms with Gasteiger partial charge < -0.3 is 20.2 Å². The van der Waals surface area contributed by atoms with Crippen LogP contribution >= 0.6 is 0 Å². The van der Waals surface area contributed by atoms with E-state index in [1.807, 2.05) is 26.0 Å². The number of hydrogen-bond acceptors (Lipinski definition) is 4. The van der Waals surface area contributed by atoms with Gasteiger partial charge in [0.05, 0.1) is 24.6 Å². The van der Waals surface area contributed by atoms with Crippen LogP contribution in [0.1, 0.15) is 28.4 Å². The number of methoxy groups -OCH3 is 1. The molecule has 166 valence electrons. The molecule has 3 N–H and O–H groups in total. The zero-order valence-corrected chi connectivity index (χ0v) is 18.6. The van der Waals surface area contributed by atoms with Gasteiger partial charge in [-0.3, -0.25) is 9.59 Å². The van der Waals surface area contributed by atoms with Gasteiger partial charge in [-0.05, 0) is 43.2 Å². The first kappa shape index (κ1) is 21.9. The van der Waals surface area contributed by atoms with E-state index in [9.17, 15) is 9.59 Å². The maximum absolute atomic E-state index is 12.7. The molecule has 4 aromatic rings. The Kier molecular flexibility index (Phi) is 6.00. The summed E-state index contributed by atoms with van der Waals surface area (Å²) in [6.45, 7) is 3.87. The van der Waals surface area contributed by atoms with E-state index in [0.717, 1.165) is 22.1 Å².